The van der Waals surface area contributed by atoms with Crippen LogP contribution in [0.15, 0.2) is 11.1 Å². The molecule has 1 aliphatic rings. The quantitative estimate of drug-likeness (QED) is 0.582. The average Bonchev–Trinajstić information content (AvgIpc) is 2.35. The maximum absolute atomic E-state index is 3.91. The molecule has 1 aromatic heterocycles. The average molecular weight is 141 g/mol. The van der Waals surface area contributed by atoms with Gasteiger partial charge in [0.1, 0.15) is 5.82 Å². The SMILES string of the molecule is CN1CSc2cn[nH]c21. The maximum Gasteiger partial charge on any atom is 0.138 e. The van der Waals surface area contributed by atoms with Gasteiger partial charge in [0.05, 0.1) is 17.0 Å². The zero-order valence-electron chi connectivity index (χ0n) is 5.09. The van der Waals surface area contributed by atoms with Crippen LogP contribution in [0.3, 0.4) is 0 Å². The molecule has 0 radical (unpaired) electrons. The second-order valence-corrected chi connectivity index (χ2v) is 3.04. The molecule has 0 unspecified atom stereocenters. The summed E-state index contributed by atoms with van der Waals surface area (Å²) in [5, 5.41) is 6.83. The van der Waals surface area contributed by atoms with E-state index in [1.165, 1.54) is 4.90 Å². The molecule has 0 saturated carbocycles. The number of nitrogens with zero attached hydrogens (tertiary/aromatic N) is 2. The fourth-order valence-electron chi connectivity index (χ4n) is 0.878. The van der Waals surface area contributed by atoms with Gasteiger partial charge in [-0.15, -0.1) is 0 Å². The summed E-state index contributed by atoms with van der Waals surface area (Å²) in [5.41, 5.74) is 0. The number of hydrogen-bond donors (Lipinski definition) is 1. The number of rotatable bonds is 0. The Bertz CT molecular complexity index is 220. The first-order valence-electron chi connectivity index (χ1n) is 2.75. The summed E-state index contributed by atoms with van der Waals surface area (Å²) in [6.07, 6.45) is 1.86. The number of aromatic amines is 1. The van der Waals surface area contributed by atoms with Crippen molar-refractivity contribution < 1.29 is 0 Å². The lowest BCUT2D eigenvalue weighted by Crippen LogP contribution is -2.11. The summed E-state index contributed by atoms with van der Waals surface area (Å²) in [5.74, 6) is 2.20. The highest BCUT2D eigenvalue weighted by molar-refractivity contribution is 7.99. The summed E-state index contributed by atoms with van der Waals surface area (Å²) >= 11 is 1.81. The molecule has 2 rings (SSSR count). The zero-order chi connectivity index (χ0) is 6.27. The predicted molar refractivity (Wildman–Crippen MR) is 37.7 cm³/mol. The van der Waals surface area contributed by atoms with Crippen molar-refractivity contribution in [1.82, 2.24) is 10.2 Å². The second-order valence-electron chi connectivity index (χ2n) is 2.05. The summed E-state index contributed by atoms with van der Waals surface area (Å²) in [4.78, 5) is 3.41. The van der Waals surface area contributed by atoms with Gasteiger partial charge in [-0.3, -0.25) is 5.10 Å². The van der Waals surface area contributed by atoms with E-state index >= 15 is 0 Å². The van der Waals surface area contributed by atoms with E-state index in [1.807, 2.05) is 18.0 Å². The Hall–Kier alpha value is -0.640. The van der Waals surface area contributed by atoms with E-state index in [-0.39, 0.29) is 0 Å². The number of aromatic nitrogens is 2. The number of anilines is 1. The van der Waals surface area contributed by atoms with Crippen molar-refractivity contribution in [2.45, 2.75) is 4.90 Å². The van der Waals surface area contributed by atoms with Crippen LogP contribution in [0.25, 0.3) is 0 Å². The van der Waals surface area contributed by atoms with Crippen molar-refractivity contribution >= 4 is 17.6 Å². The Morgan fingerprint density at radius 3 is 3.56 bits per heavy atom. The molecule has 2 heterocycles. The van der Waals surface area contributed by atoms with Gasteiger partial charge in [-0.05, 0) is 0 Å². The molecule has 0 aliphatic carbocycles. The number of hydrogen-bond acceptors (Lipinski definition) is 3. The summed E-state index contributed by atoms with van der Waals surface area (Å²) in [6.45, 7) is 0. The van der Waals surface area contributed by atoms with E-state index in [2.05, 4.69) is 22.1 Å². The Balaban J connectivity index is 2.49. The van der Waals surface area contributed by atoms with Gasteiger partial charge in [0.2, 0.25) is 0 Å². The van der Waals surface area contributed by atoms with Crippen molar-refractivity contribution in [2.75, 3.05) is 17.8 Å². The number of H-pyrrole nitrogens is 1. The molecule has 9 heavy (non-hydrogen) atoms. The molecule has 1 aliphatic heterocycles. The number of thioether (sulfide) groups is 1. The minimum absolute atomic E-state index is 1.05. The molecule has 0 amide bonds. The molecule has 4 heteroatoms. The smallest absolute Gasteiger partial charge is 0.138 e. The summed E-state index contributed by atoms with van der Waals surface area (Å²) in [7, 11) is 2.05. The van der Waals surface area contributed by atoms with Crippen LogP contribution in [0.2, 0.25) is 0 Å². The standard InChI is InChI=1S/C5H7N3S/c1-8-3-9-4-2-6-7-5(4)8/h2H,3H2,1H3,(H,6,7). The van der Waals surface area contributed by atoms with E-state index in [4.69, 9.17) is 0 Å². The molecular weight excluding hydrogens is 134 g/mol. The van der Waals surface area contributed by atoms with E-state index in [9.17, 15) is 0 Å². The van der Waals surface area contributed by atoms with Crippen LogP contribution in [0, 0.1) is 0 Å². The topological polar surface area (TPSA) is 31.9 Å². The first-order chi connectivity index (χ1) is 4.38. The van der Waals surface area contributed by atoms with Crippen LogP contribution in [-0.2, 0) is 0 Å². The van der Waals surface area contributed by atoms with Crippen LogP contribution in [0.4, 0.5) is 5.82 Å². The van der Waals surface area contributed by atoms with E-state index in [0.717, 1.165) is 11.7 Å². The highest BCUT2D eigenvalue weighted by atomic mass is 32.2. The first kappa shape index (κ1) is 5.17. The lowest BCUT2D eigenvalue weighted by molar-refractivity contribution is 1.00. The molecule has 48 valence electrons. The van der Waals surface area contributed by atoms with Crippen LogP contribution in [0.5, 0.6) is 0 Å². The predicted octanol–water partition coefficient (Wildman–Crippen LogP) is 0.909. The second kappa shape index (κ2) is 1.67. The minimum atomic E-state index is 1.05. The third-order valence-corrected chi connectivity index (χ3v) is 2.51. The minimum Gasteiger partial charge on any atom is -0.350 e. The first-order valence-corrected chi connectivity index (χ1v) is 3.74. The lowest BCUT2D eigenvalue weighted by atomic mass is 10.6. The van der Waals surface area contributed by atoms with Crippen LogP contribution in [-0.4, -0.2) is 23.1 Å². The van der Waals surface area contributed by atoms with Crippen LogP contribution in [0.1, 0.15) is 0 Å². The molecule has 1 aromatic rings. The lowest BCUT2D eigenvalue weighted by Gasteiger charge is -2.05. The van der Waals surface area contributed by atoms with Crippen molar-refractivity contribution in [1.29, 1.82) is 0 Å². The molecular formula is C5H7N3S. The summed E-state index contributed by atoms with van der Waals surface area (Å²) in [6, 6.07) is 0. The molecule has 0 spiro atoms. The normalized spacial score (nSPS) is 16.3. The largest absolute Gasteiger partial charge is 0.350 e. The highest BCUT2D eigenvalue weighted by Gasteiger charge is 2.16. The highest BCUT2D eigenvalue weighted by Crippen LogP contribution is 2.34. The maximum atomic E-state index is 3.91. The Morgan fingerprint density at radius 1 is 1.89 bits per heavy atom. The van der Waals surface area contributed by atoms with Gasteiger partial charge in [-0.2, -0.15) is 5.10 Å². The molecule has 0 saturated heterocycles. The molecule has 3 nitrogen and oxygen atoms in total. The van der Waals surface area contributed by atoms with Gasteiger partial charge in [0.25, 0.3) is 0 Å². The fraction of sp³-hybridized carbons (Fsp3) is 0.400. The van der Waals surface area contributed by atoms with Gasteiger partial charge < -0.3 is 4.90 Å². The van der Waals surface area contributed by atoms with Gasteiger partial charge in [-0.1, -0.05) is 11.8 Å². The van der Waals surface area contributed by atoms with Crippen LogP contribution >= 0.6 is 11.8 Å². The van der Waals surface area contributed by atoms with Gasteiger partial charge >= 0.3 is 0 Å². The third-order valence-electron chi connectivity index (χ3n) is 1.38. The van der Waals surface area contributed by atoms with Crippen molar-refractivity contribution in [3.63, 3.8) is 0 Å². The van der Waals surface area contributed by atoms with Gasteiger partial charge in [-0.25, -0.2) is 0 Å². The summed E-state index contributed by atoms with van der Waals surface area (Å²) < 4.78 is 0. The molecule has 1 N–H and O–H groups in total. The monoisotopic (exact) mass is 141 g/mol. The van der Waals surface area contributed by atoms with Crippen molar-refractivity contribution in [3.05, 3.63) is 6.20 Å². The third kappa shape index (κ3) is 0.627. The molecule has 0 fully saturated rings. The van der Waals surface area contributed by atoms with E-state index in [0.29, 0.717) is 0 Å². The molecule has 0 bridgehead atoms. The molecule has 0 aromatic carbocycles. The zero-order valence-corrected chi connectivity index (χ0v) is 5.90. The Kier molecular flexibility index (Phi) is 0.958. The van der Waals surface area contributed by atoms with Gasteiger partial charge in [0.15, 0.2) is 0 Å². The number of nitrogens with one attached hydrogen (secondary N) is 1. The van der Waals surface area contributed by atoms with Gasteiger partial charge in [0, 0.05) is 7.05 Å². The Morgan fingerprint density at radius 2 is 2.78 bits per heavy atom. The molecule has 0 atom stereocenters. The Labute approximate surface area is 57.4 Å². The van der Waals surface area contributed by atoms with E-state index in [1.54, 1.807) is 0 Å². The fourth-order valence-corrected chi connectivity index (χ4v) is 1.81. The van der Waals surface area contributed by atoms with E-state index < -0.39 is 0 Å². The van der Waals surface area contributed by atoms with Crippen molar-refractivity contribution in [2.24, 2.45) is 0 Å². The number of fused-ring (bicyclic) bond motifs is 1. The van der Waals surface area contributed by atoms with Crippen LogP contribution < -0.4 is 4.90 Å². The van der Waals surface area contributed by atoms with Crippen molar-refractivity contribution in [3.8, 4) is 0 Å².